The number of nitrogens with zero attached hydrogens (tertiary/aromatic N) is 4. The van der Waals surface area contributed by atoms with E-state index in [1.807, 2.05) is 6.07 Å². The molecule has 0 spiro atoms. The molecular formula is C10H11N5O2S. The topological polar surface area (TPSA) is 107 Å². The minimum atomic E-state index is -1.08. The fourth-order valence-corrected chi connectivity index (χ4v) is 2.15. The van der Waals surface area contributed by atoms with Gasteiger partial charge in [0, 0.05) is 16.8 Å². The Kier molecular flexibility index (Phi) is 3.78. The summed E-state index contributed by atoms with van der Waals surface area (Å²) in [5.74, 6) is -0.358. The van der Waals surface area contributed by atoms with E-state index in [1.165, 1.54) is 10.9 Å². The second kappa shape index (κ2) is 5.50. The maximum absolute atomic E-state index is 10.6. The van der Waals surface area contributed by atoms with Crippen LogP contribution in [0, 0.1) is 0 Å². The summed E-state index contributed by atoms with van der Waals surface area (Å²) in [4.78, 5) is 15.5. The van der Waals surface area contributed by atoms with Crippen LogP contribution >= 0.6 is 11.8 Å². The number of nitrogens with two attached hydrogens (primary N) is 1. The Balaban J connectivity index is 1.88. The molecule has 0 aliphatic carbocycles. The van der Waals surface area contributed by atoms with Crippen molar-refractivity contribution in [1.82, 2.24) is 20.0 Å². The number of carboxylic acids is 1. The van der Waals surface area contributed by atoms with Gasteiger partial charge in [0.05, 0.1) is 24.6 Å². The number of anilines is 1. The molecule has 94 valence electrons. The maximum Gasteiger partial charge on any atom is 0.358 e. The average Bonchev–Trinajstić information content (AvgIpc) is 2.80. The number of aromatic nitrogens is 4. The Hall–Kier alpha value is -2.09. The lowest BCUT2D eigenvalue weighted by atomic mass is 10.4. The monoisotopic (exact) mass is 265 g/mol. The normalized spacial score (nSPS) is 10.4. The number of thioether (sulfide) groups is 1. The Morgan fingerprint density at radius 1 is 1.56 bits per heavy atom. The third-order valence-electron chi connectivity index (χ3n) is 2.15. The van der Waals surface area contributed by atoms with Crippen LogP contribution in [0.2, 0.25) is 0 Å². The lowest BCUT2D eigenvalue weighted by Gasteiger charge is -2.03. The molecule has 0 fully saturated rings. The molecule has 2 aromatic heterocycles. The van der Waals surface area contributed by atoms with Crippen LogP contribution in [0.25, 0.3) is 0 Å². The Morgan fingerprint density at radius 3 is 3.06 bits per heavy atom. The third-order valence-corrected chi connectivity index (χ3v) is 3.22. The van der Waals surface area contributed by atoms with E-state index in [0.29, 0.717) is 12.2 Å². The third kappa shape index (κ3) is 2.98. The number of nitrogen functional groups attached to an aromatic ring is 1. The van der Waals surface area contributed by atoms with Gasteiger partial charge in [0.1, 0.15) is 0 Å². The van der Waals surface area contributed by atoms with Crippen molar-refractivity contribution in [2.75, 3.05) is 11.5 Å². The molecule has 0 aliphatic heterocycles. The van der Waals surface area contributed by atoms with Crippen LogP contribution < -0.4 is 5.73 Å². The van der Waals surface area contributed by atoms with E-state index in [-0.39, 0.29) is 5.69 Å². The molecule has 0 radical (unpaired) electrons. The van der Waals surface area contributed by atoms with E-state index in [1.54, 1.807) is 24.2 Å². The van der Waals surface area contributed by atoms with Crippen molar-refractivity contribution in [3.8, 4) is 0 Å². The number of carbonyl (C=O) groups is 1. The van der Waals surface area contributed by atoms with Gasteiger partial charge in [-0.2, -0.15) is 0 Å². The molecule has 0 atom stereocenters. The van der Waals surface area contributed by atoms with Gasteiger partial charge < -0.3 is 10.8 Å². The highest BCUT2D eigenvalue weighted by Gasteiger charge is 2.08. The van der Waals surface area contributed by atoms with Gasteiger partial charge in [-0.15, -0.1) is 16.9 Å². The lowest BCUT2D eigenvalue weighted by molar-refractivity contribution is 0.0690. The first-order valence-corrected chi connectivity index (χ1v) is 6.11. The number of rotatable bonds is 5. The zero-order chi connectivity index (χ0) is 13.0. The maximum atomic E-state index is 10.6. The molecule has 0 aromatic carbocycles. The first-order chi connectivity index (χ1) is 8.66. The van der Waals surface area contributed by atoms with Crippen LogP contribution in [0.4, 0.5) is 5.69 Å². The molecule has 0 amide bonds. The van der Waals surface area contributed by atoms with Crippen molar-refractivity contribution in [3.05, 3.63) is 30.4 Å². The van der Waals surface area contributed by atoms with E-state index in [0.717, 1.165) is 10.6 Å². The van der Waals surface area contributed by atoms with Crippen molar-refractivity contribution >= 4 is 23.4 Å². The molecule has 7 nitrogen and oxygen atoms in total. The molecule has 2 aromatic rings. The first-order valence-electron chi connectivity index (χ1n) is 5.12. The van der Waals surface area contributed by atoms with Crippen LogP contribution in [0.3, 0.4) is 0 Å². The van der Waals surface area contributed by atoms with Crippen LogP contribution in [-0.4, -0.2) is 36.8 Å². The highest BCUT2D eigenvalue weighted by Crippen LogP contribution is 2.23. The van der Waals surface area contributed by atoms with Gasteiger partial charge in [0.2, 0.25) is 0 Å². The van der Waals surface area contributed by atoms with Crippen molar-refractivity contribution < 1.29 is 9.90 Å². The molecule has 0 bridgehead atoms. The molecule has 18 heavy (non-hydrogen) atoms. The van der Waals surface area contributed by atoms with Gasteiger partial charge in [0.15, 0.2) is 5.69 Å². The largest absolute Gasteiger partial charge is 0.476 e. The number of aryl methyl sites for hydroxylation is 1. The molecule has 2 rings (SSSR count). The summed E-state index contributed by atoms with van der Waals surface area (Å²) in [6.45, 7) is 0.562. The summed E-state index contributed by atoms with van der Waals surface area (Å²) < 4.78 is 1.49. The lowest BCUT2D eigenvalue weighted by Crippen LogP contribution is -2.01. The first kappa shape index (κ1) is 12.4. The summed E-state index contributed by atoms with van der Waals surface area (Å²) in [7, 11) is 0. The van der Waals surface area contributed by atoms with Crippen molar-refractivity contribution in [1.29, 1.82) is 0 Å². The van der Waals surface area contributed by atoms with Crippen LogP contribution in [0.5, 0.6) is 0 Å². The minimum absolute atomic E-state index is 0.0524. The van der Waals surface area contributed by atoms with E-state index in [4.69, 9.17) is 10.8 Å². The SMILES string of the molecule is Nc1cnccc1SCCn1cc(C(=O)O)nn1. The summed E-state index contributed by atoms with van der Waals surface area (Å²) in [6.07, 6.45) is 4.68. The highest BCUT2D eigenvalue weighted by atomic mass is 32.2. The number of hydrogen-bond donors (Lipinski definition) is 2. The van der Waals surface area contributed by atoms with Crippen LogP contribution in [0.15, 0.2) is 29.6 Å². The Morgan fingerprint density at radius 2 is 2.39 bits per heavy atom. The fourth-order valence-electron chi connectivity index (χ4n) is 1.28. The smallest absolute Gasteiger partial charge is 0.358 e. The predicted molar refractivity (Wildman–Crippen MR) is 66.4 cm³/mol. The van der Waals surface area contributed by atoms with E-state index < -0.39 is 5.97 Å². The zero-order valence-electron chi connectivity index (χ0n) is 9.35. The zero-order valence-corrected chi connectivity index (χ0v) is 10.2. The molecule has 0 saturated heterocycles. The van der Waals surface area contributed by atoms with Gasteiger partial charge in [0.25, 0.3) is 0 Å². The Labute approximate surface area is 107 Å². The standard InChI is InChI=1S/C10H11N5O2S/c11-7-5-12-2-1-9(7)18-4-3-15-6-8(10(16)17)13-14-15/h1-2,5-6H,3-4,11H2,(H,16,17). The van der Waals surface area contributed by atoms with E-state index in [9.17, 15) is 4.79 Å². The highest BCUT2D eigenvalue weighted by molar-refractivity contribution is 7.99. The van der Waals surface area contributed by atoms with Crippen molar-refractivity contribution in [2.24, 2.45) is 0 Å². The summed E-state index contributed by atoms with van der Waals surface area (Å²) >= 11 is 1.56. The van der Waals surface area contributed by atoms with Gasteiger partial charge >= 0.3 is 5.97 Å². The van der Waals surface area contributed by atoms with Crippen LogP contribution in [-0.2, 0) is 6.54 Å². The van der Waals surface area contributed by atoms with Crippen molar-refractivity contribution in [2.45, 2.75) is 11.4 Å². The summed E-state index contributed by atoms with van der Waals surface area (Å²) in [6, 6.07) is 1.84. The Bertz CT molecular complexity index is 557. The molecule has 8 heteroatoms. The fraction of sp³-hybridized carbons (Fsp3) is 0.200. The predicted octanol–water partition coefficient (Wildman–Crippen LogP) is 0.746. The molecule has 0 unspecified atom stereocenters. The second-order valence-electron chi connectivity index (χ2n) is 3.43. The number of hydrogen-bond acceptors (Lipinski definition) is 6. The van der Waals surface area contributed by atoms with Gasteiger partial charge in [-0.1, -0.05) is 5.21 Å². The molecule has 3 N–H and O–H groups in total. The van der Waals surface area contributed by atoms with Gasteiger partial charge in [-0.3, -0.25) is 9.67 Å². The molecule has 0 saturated carbocycles. The van der Waals surface area contributed by atoms with Gasteiger partial charge in [-0.05, 0) is 6.07 Å². The van der Waals surface area contributed by atoms with Gasteiger partial charge in [-0.25, -0.2) is 4.79 Å². The van der Waals surface area contributed by atoms with E-state index in [2.05, 4.69) is 15.3 Å². The minimum Gasteiger partial charge on any atom is -0.476 e. The summed E-state index contributed by atoms with van der Waals surface area (Å²) in [5.41, 5.74) is 6.33. The molecule has 0 aliphatic rings. The quantitative estimate of drug-likeness (QED) is 0.768. The van der Waals surface area contributed by atoms with Crippen molar-refractivity contribution in [3.63, 3.8) is 0 Å². The number of aromatic carboxylic acids is 1. The molecule has 2 heterocycles. The number of carboxylic acid groups (broad SMARTS) is 1. The number of pyridine rings is 1. The molecular weight excluding hydrogens is 254 g/mol. The average molecular weight is 265 g/mol. The second-order valence-corrected chi connectivity index (χ2v) is 4.57. The van der Waals surface area contributed by atoms with Crippen LogP contribution in [0.1, 0.15) is 10.5 Å². The summed E-state index contributed by atoms with van der Waals surface area (Å²) in [5, 5.41) is 15.9. The van der Waals surface area contributed by atoms with E-state index >= 15 is 0 Å².